The van der Waals surface area contributed by atoms with Crippen molar-refractivity contribution in [3.8, 4) is 0 Å². The van der Waals surface area contributed by atoms with E-state index in [1.807, 2.05) is 0 Å². The van der Waals surface area contributed by atoms with Crippen LogP contribution in [0.25, 0.3) is 11.1 Å². The number of carbonyl (C=O) groups is 1. The zero-order valence-corrected chi connectivity index (χ0v) is 16.1. The molecule has 1 amide bonds. The van der Waals surface area contributed by atoms with Crippen LogP contribution in [0.15, 0.2) is 32.3 Å². The lowest BCUT2D eigenvalue weighted by atomic mass is 9.92. The van der Waals surface area contributed by atoms with E-state index in [-0.39, 0.29) is 28.6 Å². The first kappa shape index (κ1) is 18.7. The Labute approximate surface area is 152 Å². The van der Waals surface area contributed by atoms with Gasteiger partial charge in [0.2, 0.25) is 5.91 Å². The Morgan fingerprint density at radius 1 is 1.23 bits per heavy atom. The fourth-order valence-electron chi connectivity index (χ4n) is 3.67. The highest BCUT2D eigenvalue weighted by Gasteiger charge is 2.27. The van der Waals surface area contributed by atoms with E-state index in [0.29, 0.717) is 30.4 Å². The lowest BCUT2D eigenvalue weighted by Crippen LogP contribution is -2.43. The van der Waals surface area contributed by atoms with Crippen molar-refractivity contribution in [2.75, 3.05) is 18.8 Å². The predicted molar refractivity (Wildman–Crippen MR) is 97.6 cm³/mol. The summed E-state index contributed by atoms with van der Waals surface area (Å²) in [5.74, 6) is -0.0593. The van der Waals surface area contributed by atoms with Crippen molar-refractivity contribution in [2.45, 2.75) is 31.6 Å². The Morgan fingerprint density at radius 3 is 2.54 bits per heavy atom. The quantitative estimate of drug-likeness (QED) is 0.807. The molecule has 3 rings (SSSR count). The highest BCUT2D eigenvalue weighted by atomic mass is 32.2. The summed E-state index contributed by atoms with van der Waals surface area (Å²) >= 11 is 0. The second-order valence-corrected chi connectivity index (χ2v) is 9.48. The molecule has 2 atom stereocenters. The van der Waals surface area contributed by atoms with Gasteiger partial charge in [-0.2, -0.15) is 0 Å². The fourth-order valence-corrected chi connectivity index (χ4v) is 4.91. The normalized spacial score (nSPS) is 21.3. The number of oxazole rings is 1. The van der Waals surface area contributed by atoms with Crippen molar-refractivity contribution in [2.24, 2.45) is 18.9 Å². The van der Waals surface area contributed by atoms with Crippen LogP contribution in [0.1, 0.15) is 26.7 Å². The summed E-state index contributed by atoms with van der Waals surface area (Å²) in [5.41, 5.74) is 0.755. The first-order valence-electron chi connectivity index (χ1n) is 8.77. The number of fused-ring (bicyclic) bond motifs is 1. The Morgan fingerprint density at radius 2 is 1.88 bits per heavy atom. The molecule has 1 aromatic carbocycles. The molecule has 2 aromatic rings. The molecule has 1 saturated heterocycles. The lowest BCUT2D eigenvalue weighted by Gasteiger charge is -2.35. The van der Waals surface area contributed by atoms with E-state index in [0.717, 1.165) is 6.42 Å². The summed E-state index contributed by atoms with van der Waals surface area (Å²) in [6.07, 6.45) is 1.04. The van der Waals surface area contributed by atoms with Crippen LogP contribution in [-0.2, 0) is 21.7 Å². The zero-order valence-electron chi connectivity index (χ0n) is 15.3. The van der Waals surface area contributed by atoms with Gasteiger partial charge >= 0.3 is 5.76 Å². The summed E-state index contributed by atoms with van der Waals surface area (Å²) in [4.78, 5) is 25.8. The maximum absolute atomic E-state index is 12.6. The average molecular weight is 380 g/mol. The van der Waals surface area contributed by atoms with Gasteiger partial charge in [-0.05, 0) is 30.4 Å². The van der Waals surface area contributed by atoms with Crippen LogP contribution in [0.3, 0.4) is 0 Å². The third-order valence-electron chi connectivity index (χ3n) is 4.93. The van der Waals surface area contributed by atoms with E-state index in [2.05, 4.69) is 13.8 Å². The molecule has 26 heavy (non-hydrogen) atoms. The molecule has 0 saturated carbocycles. The van der Waals surface area contributed by atoms with Crippen LogP contribution in [0.5, 0.6) is 0 Å². The van der Waals surface area contributed by atoms with Gasteiger partial charge in [-0.3, -0.25) is 9.36 Å². The van der Waals surface area contributed by atoms with Gasteiger partial charge in [0, 0.05) is 32.6 Å². The third-order valence-corrected chi connectivity index (χ3v) is 6.64. The van der Waals surface area contributed by atoms with Crippen molar-refractivity contribution in [3.63, 3.8) is 0 Å². The highest BCUT2D eigenvalue weighted by molar-refractivity contribution is 7.91. The summed E-state index contributed by atoms with van der Waals surface area (Å²) in [6.45, 7) is 5.58. The van der Waals surface area contributed by atoms with E-state index < -0.39 is 15.6 Å². The van der Waals surface area contributed by atoms with E-state index in [1.54, 1.807) is 18.0 Å². The molecular formula is C18H24N2O5S. The number of rotatable bonds is 4. The molecule has 1 aromatic heterocycles. The van der Waals surface area contributed by atoms with Gasteiger partial charge in [0.1, 0.15) is 0 Å². The van der Waals surface area contributed by atoms with E-state index in [9.17, 15) is 18.0 Å². The minimum Gasteiger partial charge on any atom is -0.408 e. The monoisotopic (exact) mass is 380 g/mol. The molecule has 0 bridgehead atoms. The minimum atomic E-state index is -3.63. The van der Waals surface area contributed by atoms with E-state index in [4.69, 9.17) is 4.42 Å². The van der Waals surface area contributed by atoms with Gasteiger partial charge in [0.25, 0.3) is 0 Å². The number of piperidine rings is 1. The number of amides is 1. The SMILES string of the molecule is C[C@H]1C[C@H](C)CN(C(=O)CCS(=O)(=O)c2ccc3c(c2)oc(=O)n3C)C1. The number of sulfone groups is 1. The molecule has 7 nitrogen and oxygen atoms in total. The van der Waals surface area contributed by atoms with Crippen molar-refractivity contribution in [3.05, 3.63) is 28.7 Å². The zero-order chi connectivity index (χ0) is 19.1. The average Bonchev–Trinajstić information content (AvgIpc) is 2.86. The summed E-state index contributed by atoms with van der Waals surface area (Å²) < 4.78 is 31.5. The molecule has 1 aliphatic heterocycles. The molecule has 0 aliphatic carbocycles. The van der Waals surface area contributed by atoms with Crippen molar-refractivity contribution in [1.29, 1.82) is 0 Å². The van der Waals surface area contributed by atoms with Gasteiger partial charge in [0.15, 0.2) is 15.4 Å². The van der Waals surface area contributed by atoms with Crippen molar-refractivity contribution in [1.82, 2.24) is 9.47 Å². The van der Waals surface area contributed by atoms with Crippen LogP contribution in [-0.4, -0.2) is 42.6 Å². The number of aromatic nitrogens is 1. The number of carbonyl (C=O) groups excluding carboxylic acids is 1. The Bertz CT molecular complexity index is 979. The van der Waals surface area contributed by atoms with Gasteiger partial charge in [-0.15, -0.1) is 0 Å². The van der Waals surface area contributed by atoms with E-state index >= 15 is 0 Å². The number of hydrogen-bond donors (Lipinski definition) is 0. The third kappa shape index (κ3) is 3.70. The number of hydrogen-bond acceptors (Lipinski definition) is 5. The standard InChI is InChI=1S/C18H24N2O5S/c1-12-8-13(2)11-20(10-12)17(21)6-7-26(23,24)14-4-5-15-16(9-14)25-18(22)19(15)3/h4-5,9,12-13H,6-8,10-11H2,1-3H3/t12-,13-/m0/s1. The topological polar surface area (TPSA) is 89.6 Å². The van der Waals surface area contributed by atoms with E-state index in [1.165, 1.54) is 16.7 Å². The first-order chi connectivity index (χ1) is 12.2. The predicted octanol–water partition coefficient (Wildman–Crippen LogP) is 1.80. The molecule has 8 heteroatoms. The molecule has 0 unspecified atom stereocenters. The lowest BCUT2D eigenvalue weighted by molar-refractivity contribution is -0.133. The Kier molecular flexibility index (Phi) is 4.96. The van der Waals surface area contributed by atoms with Gasteiger partial charge in [-0.1, -0.05) is 13.8 Å². The number of likely N-dealkylation sites (tertiary alicyclic amines) is 1. The number of benzene rings is 1. The van der Waals surface area contributed by atoms with Crippen LogP contribution < -0.4 is 5.76 Å². The molecule has 0 N–H and O–H groups in total. The first-order valence-corrected chi connectivity index (χ1v) is 10.4. The fraction of sp³-hybridized carbons (Fsp3) is 0.556. The molecule has 0 radical (unpaired) electrons. The van der Waals surface area contributed by atoms with Gasteiger partial charge in [-0.25, -0.2) is 13.2 Å². The highest BCUT2D eigenvalue weighted by Crippen LogP contribution is 2.23. The summed E-state index contributed by atoms with van der Waals surface area (Å²) in [6, 6.07) is 4.34. The van der Waals surface area contributed by atoms with Gasteiger partial charge < -0.3 is 9.32 Å². The largest absolute Gasteiger partial charge is 0.419 e. The van der Waals surface area contributed by atoms with Crippen LogP contribution in [0.4, 0.5) is 0 Å². The molecule has 1 fully saturated rings. The molecule has 1 aliphatic rings. The van der Waals surface area contributed by atoms with Gasteiger partial charge in [0.05, 0.1) is 16.2 Å². The Hall–Kier alpha value is -2.09. The maximum Gasteiger partial charge on any atom is 0.419 e. The van der Waals surface area contributed by atoms with Crippen LogP contribution >= 0.6 is 0 Å². The minimum absolute atomic E-state index is 0.0431. The molecule has 2 heterocycles. The van der Waals surface area contributed by atoms with Crippen LogP contribution in [0.2, 0.25) is 0 Å². The second kappa shape index (κ2) is 6.90. The van der Waals surface area contributed by atoms with Crippen molar-refractivity contribution < 1.29 is 17.6 Å². The van der Waals surface area contributed by atoms with Crippen molar-refractivity contribution >= 4 is 26.8 Å². The summed E-state index contributed by atoms with van der Waals surface area (Å²) in [5, 5.41) is 0. The second-order valence-electron chi connectivity index (χ2n) is 7.37. The number of nitrogens with zero attached hydrogens (tertiary/aromatic N) is 2. The van der Waals surface area contributed by atoms with Crippen LogP contribution in [0, 0.1) is 11.8 Å². The Balaban J connectivity index is 1.72. The molecule has 0 spiro atoms. The number of aryl methyl sites for hydroxylation is 1. The summed E-state index contributed by atoms with van der Waals surface area (Å²) in [7, 11) is -2.08. The smallest absolute Gasteiger partial charge is 0.408 e. The maximum atomic E-state index is 12.6. The molecule has 142 valence electrons. The molecular weight excluding hydrogens is 356 g/mol.